The quantitative estimate of drug-likeness (QED) is 0.401. The lowest BCUT2D eigenvalue weighted by molar-refractivity contribution is -0.870. The van der Waals surface area contributed by atoms with Crippen molar-refractivity contribution in [2.45, 2.75) is 44.4 Å². The van der Waals surface area contributed by atoms with E-state index >= 15 is 0 Å². The molecule has 1 N–H and O–H groups in total. The minimum absolute atomic E-state index is 0.0352. The van der Waals surface area contributed by atoms with Gasteiger partial charge in [0.2, 0.25) is 0 Å². The summed E-state index contributed by atoms with van der Waals surface area (Å²) in [6, 6.07) is 16.6. The van der Waals surface area contributed by atoms with Gasteiger partial charge in [-0.2, -0.15) is 0 Å². The second-order valence-corrected chi connectivity index (χ2v) is 11.2. The number of carbonyl (C=O) groups is 2. The standard InChI is InChI=1S/C29H38N2O4/c1-31(2,3)17-18-34-27(32)19-29(15-9-4-10-16-29)21-30-28(33)35-20-26-24-13-7-5-11-22(24)23-12-6-8-14-25(23)26/h5-8,11-14,26H,4,9-10,15-21H2,1-3H3/p+1. The zero-order valence-electron chi connectivity index (χ0n) is 21.3. The smallest absolute Gasteiger partial charge is 0.407 e. The first-order valence-electron chi connectivity index (χ1n) is 12.8. The number of ether oxygens (including phenoxy) is 2. The SMILES string of the molecule is C[N+](C)(C)CCOC(=O)CC1(CNC(=O)OCC2c3ccccc3-c3ccccc32)CCCCC1. The number of carbonyl (C=O) groups excluding carboxylic acids is 2. The van der Waals surface area contributed by atoms with Gasteiger partial charge in [0, 0.05) is 12.5 Å². The summed E-state index contributed by atoms with van der Waals surface area (Å²) in [6.07, 6.45) is 5.06. The highest BCUT2D eigenvalue weighted by Crippen LogP contribution is 2.44. The van der Waals surface area contributed by atoms with E-state index in [1.807, 2.05) is 24.3 Å². The summed E-state index contributed by atoms with van der Waals surface area (Å²) < 4.78 is 12.0. The molecular formula is C29H39N2O4+. The highest BCUT2D eigenvalue weighted by Gasteiger charge is 2.36. The van der Waals surface area contributed by atoms with Crippen LogP contribution in [0.1, 0.15) is 55.6 Å². The third kappa shape index (κ3) is 6.43. The van der Waals surface area contributed by atoms with Gasteiger partial charge in [-0.15, -0.1) is 0 Å². The van der Waals surface area contributed by atoms with Crippen molar-refractivity contribution in [2.24, 2.45) is 5.41 Å². The average Bonchev–Trinajstić information content (AvgIpc) is 3.15. The summed E-state index contributed by atoms with van der Waals surface area (Å²) in [5, 5.41) is 2.98. The molecule has 0 aliphatic heterocycles. The van der Waals surface area contributed by atoms with Crippen molar-refractivity contribution in [3.8, 4) is 11.1 Å². The maximum absolute atomic E-state index is 12.7. The summed E-state index contributed by atoms with van der Waals surface area (Å²) in [4.78, 5) is 25.3. The van der Waals surface area contributed by atoms with Crippen molar-refractivity contribution in [2.75, 3.05) is 47.4 Å². The molecule has 2 aromatic carbocycles. The zero-order valence-corrected chi connectivity index (χ0v) is 21.3. The Labute approximate surface area is 209 Å². The highest BCUT2D eigenvalue weighted by atomic mass is 16.5. The van der Waals surface area contributed by atoms with Gasteiger partial charge in [0.1, 0.15) is 19.8 Å². The number of fused-ring (bicyclic) bond motifs is 3. The summed E-state index contributed by atoms with van der Waals surface area (Å²) in [5.74, 6) is -0.136. The number of nitrogens with one attached hydrogen (secondary N) is 1. The van der Waals surface area contributed by atoms with Gasteiger partial charge >= 0.3 is 12.1 Å². The molecule has 1 amide bonds. The van der Waals surface area contributed by atoms with Crippen LogP contribution in [0.5, 0.6) is 0 Å². The number of hydrogen-bond acceptors (Lipinski definition) is 4. The molecule has 0 bridgehead atoms. The number of rotatable bonds is 9. The van der Waals surface area contributed by atoms with Crippen LogP contribution in [0, 0.1) is 5.41 Å². The highest BCUT2D eigenvalue weighted by molar-refractivity contribution is 5.79. The Hall–Kier alpha value is -2.86. The van der Waals surface area contributed by atoms with Gasteiger partial charge in [-0.05, 0) is 40.5 Å². The van der Waals surface area contributed by atoms with Crippen LogP contribution in [0.4, 0.5) is 4.79 Å². The molecule has 2 aliphatic rings. The second-order valence-electron chi connectivity index (χ2n) is 11.2. The number of likely N-dealkylation sites (N-methyl/N-ethyl adjacent to an activating group) is 1. The molecule has 0 radical (unpaired) electrons. The van der Waals surface area contributed by atoms with Crippen molar-refractivity contribution in [3.63, 3.8) is 0 Å². The molecule has 0 spiro atoms. The van der Waals surface area contributed by atoms with Gasteiger partial charge in [0.25, 0.3) is 0 Å². The molecule has 188 valence electrons. The van der Waals surface area contributed by atoms with Crippen molar-refractivity contribution >= 4 is 12.1 Å². The Morgan fingerprint density at radius 2 is 1.51 bits per heavy atom. The minimum Gasteiger partial charge on any atom is -0.460 e. The fourth-order valence-electron chi connectivity index (χ4n) is 5.42. The molecule has 0 heterocycles. The summed E-state index contributed by atoms with van der Waals surface area (Å²) in [6.45, 7) is 1.92. The lowest BCUT2D eigenvalue weighted by Gasteiger charge is -2.36. The van der Waals surface area contributed by atoms with Crippen molar-refractivity contribution < 1.29 is 23.5 Å². The fourth-order valence-corrected chi connectivity index (χ4v) is 5.42. The van der Waals surface area contributed by atoms with E-state index in [0.717, 1.165) is 36.7 Å². The van der Waals surface area contributed by atoms with Crippen molar-refractivity contribution in [3.05, 3.63) is 59.7 Å². The molecule has 2 aromatic rings. The van der Waals surface area contributed by atoms with E-state index in [1.165, 1.54) is 28.7 Å². The van der Waals surface area contributed by atoms with Crippen molar-refractivity contribution in [1.82, 2.24) is 5.32 Å². The van der Waals surface area contributed by atoms with E-state index in [0.29, 0.717) is 26.2 Å². The molecule has 1 fully saturated rings. The van der Waals surface area contributed by atoms with Gasteiger partial charge in [0.15, 0.2) is 0 Å². The molecular weight excluding hydrogens is 440 g/mol. The first-order chi connectivity index (χ1) is 16.8. The molecule has 35 heavy (non-hydrogen) atoms. The van der Waals surface area contributed by atoms with E-state index in [1.54, 1.807) is 0 Å². The Morgan fingerprint density at radius 1 is 0.914 bits per heavy atom. The largest absolute Gasteiger partial charge is 0.460 e. The molecule has 1 saturated carbocycles. The van der Waals surface area contributed by atoms with Crippen LogP contribution in [0.15, 0.2) is 48.5 Å². The van der Waals surface area contributed by atoms with Gasteiger partial charge in [0.05, 0.1) is 27.6 Å². The first kappa shape index (κ1) is 25.2. The minimum atomic E-state index is -0.421. The lowest BCUT2D eigenvalue weighted by atomic mass is 9.72. The maximum atomic E-state index is 12.7. The number of quaternary nitrogens is 1. The number of hydrogen-bond donors (Lipinski definition) is 1. The van der Waals surface area contributed by atoms with Crippen LogP contribution < -0.4 is 5.32 Å². The third-order valence-electron chi connectivity index (χ3n) is 7.41. The fraction of sp³-hybridized carbons (Fsp3) is 0.517. The molecule has 0 atom stereocenters. The predicted octanol–water partition coefficient (Wildman–Crippen LogP) is 5.12. The lowest BCUT2D eigenvalue weighted by Crippen LogP contribution is -2.42. The Kier molecular flexibility index (Phi) is 7.80. The maximum Gasteiger partial charge on any atom is 0.407 e. The first-order valence-corrected chi connectivity index (χ1v) is 12.8. The molecule has 0 saturated heterocycles. The van der Waals surface area contributed by atoms with Gasteiger partial charge in [-0.25, -0.2) is 4.79 Å². The van der Waals surface area contributed by atoms with Gasteiger partial charge < -0.3 is 19.3 Å². The molecule has 0 unspecified atom stereocenters. The topological polar surface area (TPSA) is 64.6 Å². The van der Waals surface area contributed by atoms with Crippen LogP contribution in [-0.4, -0.2) is 64.0 Å². The summed E-state index contributed by atoms with van der Waals surface area (Å²) >= 11 is 0. The average molecular weight is 480 g/mol. The predicted molar refractivity (Wildman–Crippen MR) is 137 cm³/mol. The molecule has 6 nitrogen and oxygen atoms in total. The number of amides is 1. The van der Waals surface area contributed by atoms with E-state index in [9.17, 15) is 9.59 Å². The second kappa shape index (κ2) is 10.8. The molecule has 4 rings (SSSR count). The zero-order chi connectivity index (χ0) is 24.9. The third-order valence-corrected chi connectivity index (χ3v) is 7.41. The molecule has 0 aromatic heterocycles. The van der Waals surface area contributed by atoms with Crippen LogP contribution in [0.3, 0.4) is 0 Å². The molecule has 6 heteroatoms. The van der Waals surface area contributed by atoms with Gasteiger partial charge in [-0.1, -0.05) is 67.8 Å². The number of benzene rings is 2. The van der Waals surface area contributed by atoms with E-state index < -0.39 is 6.09 Å². The number of esters is 1. The van der Waals surface area contributed by atoms with E-state index in [2.05, 4.69) is 50.7 Å². The number of alkyl carbamates (subject to hydrolysis) is 1. The van der Waals surface area contributed by atoms with Crippen LogP contribution in [0.2, 0.25) is 0 Å². The van der Waals surface area contributed by atoms with Crippen LogP contribution in [0.25, 0.3) is 11.1 Å². The summed E-state index contributed by atoms with van der Waals surface area (Å²) in [7, 11) is 6.23. The summed E-state index contributed by atoms with van der Waals surface area (Å²) in [5.41, 5.74) is 4.56. The van der Waals surface area contributed by atoms with Crippen LogP contribution in [-0.2, 0) is 14.3 Å². The Balaban J connectivity index is 1.32. The normalized spacial score (nSPS) is 16.8. The molecule has 2 aliphatic carbocycles. The Bertz CT molecular complexity index is 991. The Morgan fingerprint density at radius 3 is 2.11 bits per heavy atom. The number of nitrogens with zero attached hydrogens (tertiary/aromatic N) is 1. The van der Waals surface area contributed by atoms with E-state index in [4.69, 9.17) is 9.47 Å². The van der Waals surface area contributed by atoms with Gasteiger partial charge in [-0.3, -0.25) is 4.79 Å². The van der Waals surface area contributed by atoms with E-state index in [-0.39, 0.29) is 17.3 Å². The van der Waals surface area contributed by atoms with Crippen LogP contribution >= 0.6 is 0 Å². The van der Waals surface area contributed by atoms with Crippen molar-refractivity contribution in [1.29, 1.82) is 0 Å². The monoisotopic (exact) mass is 479 g/mol.